The average Bonchev–Trinajstić information content (AvgIpc) is 3.13. The first-order valence-electron chi connectivity index (χ1n) is 22.5. The molecule has 1 unspecified atom stereocenters. The molecule has 0 bridgehead atoms. The molecule has 0 spiro atoms. The van der Waals surface area contributed by atoms with Crippen LogP contribution in [0, 0.1) is 0 Å². The summed E-state index contributed by atoms with van der Waals surface area (Å²) < 4.78 is 22.6. The maximum absolute atomic E-state index is 12.6. The second-order valence-corrected chi connectivity index (χ2v) is 16.0. The van der Waals surface area contributed by atoms with Crippen LogP contribution in [0.15, 0.2) is 0 Å². The molecule has 0 heterocycles. The van der Waals surface area contributed by atoms with Gasteiger partial charge in [-0.15, -0.1) is 0 Å². The van der Waals surface area contributed by atoms with Crippen LogP contribution < -0.4 is 0 Å². The molecule has 0 aliphatic rings. The third-order valence-corrected chi connectivity index (χ3v) is 10.1. The summed E-state index contributed by atoms with van der Waals surface area (Å²) in [5, 5.41) is 9.38. The van der Waals surface area contributed by atoms with E-state index in [0.29, 0.717) is 26.1 Å². The van der Waals surface area contributed by atoms with Gasteiger partial charge >= 0.3 is 11.9 Å². The maximum atomic E-state index is 12.6. The molecule has 310 valence electrons. The second-order valence-electron chi connectivity index (χ2n) is 16.0. The topological polar surface area (TPSA) is 91.3 Å². The van der Waals surface area contributed by atoms with Crippen molar-refractivity contribution in [3.05, 3.63) is 0 Å². The second kappa shape index (κ2) is 39.5. The fourth-order valence-corrected chi connectivity index (χ4v) is 6.54. The third kappa shape index (κ3) is 38.5. The molecule has 0 saturated carbocycles. The molecule has 0 aromatic rings. The molecule has 52 heavy (non-hydrogen) atoms. The van der Waals surface area contributed by atoms with Gasteiger partial charge in [-0.05, 0) is 26.7 Å². The highest BCUT2D eigenvalue weighted by atomic mass is 16.6. The van der Waals surface area contributed by atoms with E-state index < -0.39 is 11.7 Å². The summed E-state index contributed by atoms with van der Waals surface area (Å²) in [6.45, 7) is 8.84. The molecule has 7 nitrogen and oxygen atoms in total. The SMILES string of the molecule is CCCCCCCCCCCCCCCCCC(=O)OCC(COCCOC(C)(C)CO)OC(=O)CCCCCCCCCCCCCCCCC. The van der Waals surface area contributed by atoms with Crippen molar-refractivity contribution in [1.82, 2.24) is 0 Å². The monoisotopic (exact) mass is 741 g/mol. The van der Waals surface area contributed by atoms with E-state index in [1.165, 1.54) is 154 Å². The van der Waals surface area contributed by atoms with Gasteiger partial charge in [-0.2, -0.15) is 0 Å². The fourth-order valence-electron chi connectivity index (χ4n) is 6.54. The molecule has 0 aliphatic carbocycles. The molecule has 0 aromatic heterocycles. The van der Waals surface area contributed by atoms with E-state index >= 15 is 0 Å². The Morgan fingerprint density at radius 3 is 1.19 bits per heavy atom. The van der Waals surface area contributed by atoms with Crippen molar-refractivity contribution in [2.24, 2.45) is 0 Å². The summed E-state index contributed by atoms with van der Waals surface area (Å²) in [6, 6.07) is 0. The third-order valence-electron chi connectivity index (χ3n) is 10.1. The molecule has 0 rings (SSSR count). The van der Waals surface area contributed by atoms with Crippen LogP contribution in [0.3, 0.4) is 0 Å². The van der Waals surface area contributed by atoms with Gasteiger partial charge in [0.05, 0.1) is 32.0 Å². The lowest BCUT2D eigenvalue weighted by Gasteiger charge is -2.23. The standard InChI is InChI=1S/C45H88O7/c1-5-7-9-11-13-15-17-19-21-23-25-27-29-31-33-35-43(47)50-40-42(39-49-37-38-51-45(3,4)41-46)52-44(48)36-34-32-30-28-26-24-22-20-18-16-14-12-10-8-6-2/h42,46H,5-41H2,1-4H3. The number of carbonyl (C=O) groups excluding carboxylic acids is 2. The number of aliphatic hydroxyl groups excluding tert-OH is 1. The van der Waals surface area contributed by atoms with Crippen molar-refractivity contribution >= 4 is 11.9 Å². The van der Waals surface area contributed by atoms with Crippen LogP contribution in [0.25, 0.3) is 0 Å². The highest BCUT2D eigenvalue weighted by molar-refractivity contribution is 5.70. The Bertz CT molecular complexity index is 756. The molecule has 7 heteroatoms. The Hall–Kier alpha value is -1.18. The van der Waals surface area contributed by atoms with Gasteiger partial charge in [0, 0.05) is 12.8 Å². The van der Waals surface area contributed by atoms with Gasteiger partial charge in [-0.1, -0.05) is 194 Å². The first-order chi connectivity index (χ1) is 25.3. The molecule has 0 radical (unpaired) electrons. The number of hydrogen-bond donors (Lipinski definition) is 1. The zero-order chi connectivity index (χ0) is 38.2. The van der Waals surface area contributed by atoms with Crippen molar-refractivity contribution in [2.45, 2.75) is 245 Å². The molecule has 1 atom stereocenters. The Kier molecular flexibility index (Phi) is 38.6. The zero-order valence-electron chi connectivity index (χ0n) is 35.1. The van der Waals surface area contributed by atoms with E-state index in [1.807, 2.05) is 13.8 Å². The van der Waals surface area contributed by atoms with Crippen LogP contribution in [0.2, 0.25) is 0 Å². The van der Waals surface area contributed by atoms with Crippen LogP contribution in [0.1, 0.15) is 233 Å². The van der Waals surface area contributed by atoms with Crippen LogP contribution in [0.5, 0.6) is 0 Å². The highest BCUT2D eigenvalue weighted by Crippen LogP contribution is 2.16. The predicted octanol–water partition coefficient (Wildman–Crippen LogP) is 12.8. The first-order valence-corrected chi connectivity index (χ1v) is 22.5. The Labute approximate surface area is 322 Å². The molecule has 0 fully saturated rings. The maximum Gasteiger partial charge on any atom is 0.306 e. The molecule has 0 amide bonds. The summed E-state index contributed by atoms with van der Waals surface area (Å²) >= 11 is 0. The van der Waals surface area contributed by atoms with Crippen molar-refractivity contribution < 1.29 is 33.6 Å². The minimum absolute atomic E-state index is 0.00512. The predicted molar refractivity (Wildman–Crippen MR) is 218 cm³/mol. The van der Waals surface area contributed by atoms with E-state index in [4.69, 9.17) is 18.9 Å². The molecular weight excluding hydrogens is 652 g/mol. The first kappa shape index (κ1) is 50.8. The van der Waals surface area contributed by atoms with Gasteiger partial charge in [0.25, 0.3) is 0 Å². The number of aliphatic hydroxyl groups is 1. The van der Waals surface area contributed by atoms with Gasteiger partial charge in [-0.25, -0.2) is 0 Å². The minimum atomic E-state index is -0.639. The van der Waals surface area contributed by atoms with E-state index in [2.05, 4.69) is 13.8 Å². The number of esters is 2. The van der Waals surface area contributed by atoms with E-state index in [1.54, 1.807) is 0 Å². The average molecular weight is 741 g/mol. The van der Waals surface area contributed by atoms with Gasteiger partial charge in [-0.3, -0.25) is 9.59 Å². The van der Waals surface area contributed by atoms with Crippen molar-refractivity contribution in [2.75, 3.05) is 33.0 Å². The molecular formula is C45H88O7. The Morgan fingerprint density at radius 1 is 0.481 bits per heavy atom. The fraction of sp³-hybridized carbons (Fsp3) is 0.956. The number of ether oxygens (including phenoxy) is 4. The lowest BCUT2D eigenvalue weighted by atomic mass is 10.0. The van der Waals surface area contributed by atoms with Crippen LogP contribution >= 0.6 is 0 Å². The lowest BCUT2D eigenvalue weighted by Crippen LogP contribution is -2.32. The summed E-state index contributed by atoms with van der Waals surface area (Å²) in [4.78, 5) is 25.1. The van der Waals surface area contributed by atoms with E-state index in [-0.39, 0.29) is 31.8 Å². The van der Waals surface area contributed by atoms with Gasteiger partial charge in [0.15, 0.2) is 6.10 Å². The van der Waals surface area contributed by atoms with Crippen molar-refractivity contribution in [3.8, 4) is 0 Å². The number of hydrogen-bond acceptors (Lipinski definition) is 7. The van der Waals surface area contributed by atoms with E-state index in [9.17, 15) is 14.7 Å². The number of unbranched alkanes of at least 4 members (excludes halogenated alkanes) is 28. The van der Waals surface area contributed by atoms with Gasteiger partial charge < -0.3 is 24.1 Å². The summed E-state index contributed by atoms with van der Waals surface area (Å²) in [5.41, 5.74) is -0.634. The van der Waals surface area contributed by atoms with Crippen LogP contribution in [-0.4, -0.2) is 61.8 Å². The summed E-state index contributed by atoms with van der Waals surface area (Å²) in [5.74, 6) is -0.509. The van der Waals surface area contributed by atoms with E-state index in [0.717, 1.165) is 38.5 Å². The van der Waals surface area contributed by atoms with Crippen molar-refractivity contribution in [3.63, 3.8) is 0 Å². The number of rotatable bonds is 42. The normalized spacial score (nSPS) is 12.3. The summed E-state index contributed by atoms with van der Waals surface area (Å²) in [7, 11) is 0. The van der Waals surface area contributed by atoms with Crippen LogP contribution in [-0.2, 0) is 28.5 Å². The quantitative estimate of drug-likeness (QED) is 0.0492. The summed E-state index contributed by atoms with van der Waals surface area (Å²) in [6.07, 6.45) is 38.7. The zero-order valence-corrected chi connectivity index (χ0v) is 35.1. The van der Waals surface area contributed by atoms with Crippen molar-refractivity contribution in [1.29, 1.82) is 0 Å². The van der Waals surface area contributed by atoms with Gasteiger partial charge in [0.2, 0.25) is 0 Å². The lowest BCUT2D eigenvalue weighted by molar-refractivity contribution is -0.163. The number of carbonyl (C=O) groups is 2. The largest absolute Gasteiger partial charge is 0.462 e. The Morgan fingerprint density at radius 2 is 0.827 bits per heavy atom. The van der Waals surface area contributed by atoms with Gasteiger partial charge in [0.1, 0.15) is 6.61 Å². The molecule has 0 aromatic carbocycles. The molecule has 0 saturated heterocycles. The minimum Gasteiger partial charge on any atom is -0.462 e. The van der Waals surface area contributed by atoms with Crippen LogP contribution in [0.4, 0.5) is 0 Å². The highest BCUT2D eigenvalue weighted by Gasteiger charge is 2.19. The smallest absolute Gasteiger partial charge is 0.306 e. The molecule has 0 aliphatic heterocycles. The Balaban J connectivity index is 4.10. The molecule has 1 N–H and O–H groups in total.